The van der Waals surface area contributed by atoms with Gasteiger partial charge in [-0.25, -0.2) is 13.1 Å². The van der Waals surface area contributed by atoms with E-state index in [1.165, 1.54) is 12.1 Å². The highest BCUT2D eigenvalue weighted by Crippen LogP contribution is 2.23. The van der Waals surface area contributed by atoms with E-state index in [1.807, 2.05) is 19.1 Å². The molecule has 3 rings (SSSR count). The van der Waals surface area contributed by atoms with Gasteiger partial charge < -0.3 is 5.32 Å². The molecule has 25 heavy (non-hydrogen) atoms. The van der Waals surface area contributed by atoms with Gasteiger partial charge in [0.15, 0.2) is 0 Å². The molecular weight excluding hydrogens is 360 g/mol. The van der Waals surface area contributed by atoms with Crippen molar-refractivity contribution in [1.82, 2.24) is 10.0 Å². The van der Waals surface area contributed by atoms with Crippen LogP contribution in [0.25, 0.3) is 0 Å². The maximum atomic E-state index is 12.5. The molecule has 2 N–H and O–H groups in total. The van der Waals surface area contributed by atoms with Crippen LogP contribution in [0, 0.1) is 0 Å². The summed E-state index contributed by atoms with van der Waals surface area (Å²) in [6.45, 7) is 1.86. The molecule has 7 heteroatoms. The zero-order valence-corrected chi connectivity index (χ0v) is 15.3. The molecule has 0 radical (unpaired) electrons. The summed E-state index contributed by atoms with van der Waals surface area (Å²) in [5, 5.41) is 3.49. The Bertz CT molecular complexity index is 877. The van der Waals surface area contributed by atoms with Crippen molar-refractivity contribution in [2.75, 3.05) is 0 Å². The van der Waals surface area contributed by atoms with E-state index in [-0.39, 0.29) is 22.9 Å². The molecule has 1 fully saturated rings. The summed E-state index contributed by atoms with van der Waals surface area (Å²) in [7, 11) is -3.58. The van der Waals surface area contributed by atoms with Crippen LogP contribution in [0.15, 0.2) is 53.4 Å². The largest absolute Gasteiger partial charge is 0.346 e. The van der Waals surface area contributed by atoms with Crippen LogP contribution >= 0.6 is 11.6 Å². The number of sulfonamides is 1. The summed E-state index contributed by atoms with van der Waals surface area (Å²) in [4.78, 5) is 12.6. The molecule has 1 atom stereocenters. The lowest BCUT2D eigenvalue weighted by molar-refractivity contribution is 0.0939. The van der Waals surface area contributed by atoms with Crippen LogP contribution in [0.2, 0.25) is 5.02 Å². The minimum atomic E-state index is -3.58. The Labute approximate surface area is 152 Å². The summed E-state index contributed by atoms with van der Waals surface area (Å²) in [6.07, 6.45) is 1.72. The van der Waals surface area contributed by atoms with Crippen LogP contribution in [-0.2, 0) is 10.0 Å². The minimum Gasteiger partial charge on any atom is -0.346 e. The van der Waals surface area contributed by atoms with Crippen LogP contribution < -0.4 is 10.0 Å². The Kier molecular flexibility index (Phi) is 5.13. The third kappa shape index (κ3) is 4.60. The summed E-state index contributed by atoms with van der Waals surface area (Å²) in [5.74, 6) is -0.328. The van der Waals surface area contributed by atoms with Gasteiger partial charge in [0.25, 0.3) is 5.91 Å². The van der Waals surface area contributed by atoms with Gasteiger partial charge in [0.1, 0.15) is 0 Å². The summed E-state index contributed by atoms with van der Waals surface area (Å²) in [5.41, 5.74) is 1.22. The van der Waals surface area contributed by atoms with E-state index in [4.69, 9.17) is 11.6 Å². The van der Waals surface area contributed by atoms with Gasteiger partial charge in [-0.1, -0.05) is 29.8 Å². The lowest BCUT2D eigenvalue weighted by Crippen LogP contribution is -2.28. The number of rotatable bonds is 6. The van der Waals surface area contributed by atoms with Crippen molar-refractivity contribution in [2.45, 2.75) is 36.7 Å². The predicted octanol–water partition coefficient (Wildman–Crippen LogP) is 3.27. The van der Waals surface area contributed by atoms with Crippen molar-refractivity contribution in [1.29, 1.82) is 0 Å². The lowest BCUT2D eigenvalue weighted by atomic mass is 10.1. The first-order chi connectivity index (χ1) is 11.8. The molecule has 1 amide bonds. The van der Waals surface area contributed by atoms with E-state index in [2.05, 4.69) is 10.0 Å². The second-order valence-corrected chi connectivity index (χ2v) is 8.32. The van der Waals surface area contributed by atoms with Crippen molar-refractivity contribution >= 4 is 27.5 Å². The van der Waals surface area contributed by atoms with E-state index < -0.39 is 10.0 Å². The molecule has 2 aromatic rings. The summed E-state index contributed by atoms with van der Waals surface area (Å²) < 4.78 is 27.2. The average molecular weight is 379 g/mol. The second-order valence-electron chi connectivity index (χ2n) is 6.17. The van der Waals surface area contributed by atoms with Crippen LogP contribution in [-0.4, -0.2) is 20.4 Å². The Morgan fingerprint density at radius 2 is 1.84 bits per heavy atom. The van der Waals surface area contributed by atoms with E-state index in [0.717, 1.165) is 18.4 Å². The molecule has 132 valence electrons. The van der Waals surface area contributed by atoms with Crippen LogP contribution in [0.3, 0.4) is 0 Å². The molecular formula is C18H19ClN2O3S. The van der Waals surface area contributed by atoms with Gasteiger partial charge in [-0.05, 0) is 55.7 Å². The van der Waals surface area contributed by atoms with E-state index in [1.54, 1.807) is 24.3 Å². The standard InChI is InChI=1S/C18H19ClN2O3S/c1-12(13-5-7-15(19)8-6-13)20-18(22)14-3-2-4-17(11-14)25(23,24)21-16-9-10-16/h2-8,11-12,16,21H,9-10H2,1H3,(H,20,22). The van der Waals surface area contributed by atoms with Crippen LogP contribution in [0.4, 0.5) is 0 Å². The van der Waals surface area contributed by atoms with E-state index in [9.17, 15) is 13.2 Å². The van der Waals surface area contributed by atoms with Gasteiger partial charge in [-0.3, -0.25) is 4.79 Å². The second kappa shape index (κ2) is 7.15. The molecule has 5 nitrogen and oxygen atoms in total. The zero-order valence-electron chi connectivity index (χ0n) is 13.7. The number of benzene rings is 2. The Balaban J connectivity index is 1.73. The molecule has 2 aromatic carbocycles. The molecule has 0 aliphatic heterocycles. The van der Waals surface area contributed by atoms with Crippen molar-refractivity contribution < 1.29 is 13.2 Å². The van der Waals surface area contributed by atoms with Crippen molar-refractivity contribution in [2.24, 2.45) is 0 Å². The number of amides is 1. The molecule has 1 saturated carbocycles. The smallest absolute Gasteiger partial charge is 0.251 e. The van der Waals surface area contributed by atoms with Gasteiger partial charge in [-0.2, -0.15) is 0 Å². The third-order valence-corrected chi connectivity index (χ3v) is 5.79. The molecule has 0 spiro atoms. The maximum absolute atomic E-state index is 12.5. The Hall–Kier alpha value is -1.89. The van der Waals surface area contributed by atoms with Crippen molar-refractivity contribution in [3.63, 3.8) is 0 Å². The van der Waals surface area contributed by atoms with Gasteiger partial charge in [0.2, 0.25) is 10.0 Å². The molecule has 0 heterocycles. The fourth-order valence-electron chi connectivity index (χ4n) is 2.41. The number of hydrogen-bond acceptors (Lipinski definition) is 3. The zero-order chi connectivity index (χ0) is 18.0. The fourth-order valence-corrected chi connectivity index (χ4v) is 3.88. The number of halogens is 1. The predicted molar refractivity (Wildman–Crippen MR) is 97.1 cm³/mol. The first-order valence-electron chi connectivity index (χ1n) is 8.04. The summed E-state index contributed by atoms with van der Waals surface area (Å²) in [6, 6.07) is 13.1. The van der Waals surface area contributed by atoms with Gasteiger partial charge in [0, 0.05) is 16.6 Å². The van der Waals surface area contributed by atoms with Crippen molar-refractivity contribution in [3.8, 4) is 0 Å². The molecule has 1 unspecified atom stereocenters. The number of nitrogens with one attached hydrogen (secondary N) is 2. The Morgan fingerprint density at radius 3 is 2.48 bits per heavy atom. The lowest BCUT2D eigenvalue weighted by Gasteiger charge is -2.15. The number of hydrogen-bond donors (Lipinski definition) is 2. The van der Waals surface area contributed by atoms with E-state index >= 15 is 0 Å². The van der Waals surface area contributed by atoms with Gasteiger partial charge in [-0.15, -0.1) is 0 Å². The SMILES string of the molecule is CC(NC(=O)c1cccc(S(=O)(=O)NC2CC2)c1)c1ccc(Cl)cc1. The normalized spacial score (nSPS) is 15.6. The first kappa shape index (κ1) is 17.9. The first-order valence-corrected chi connectivity index (χ1v) is 9.90. The third-order valence-electron chi connectivity index (χ3n) is 4.02. The average Bonchev–Trinajstić information content (AvgIpc) is 3.39. The quantitative estimate of drug-likeness (QED) is 0.810. The molecule has 0 aromatic heterocycles. The highest BCUT2D eigenvalue weighted by atomic mass is 35.5. The molecule has 0 saturated heterocycles. The van der Waals surface area contributed by atoms with E-state index in [0.29, 0.717) is 10.6 Å². The van der Waals surface area contributed by atoms with Crippen molar-refractivity contribution in [3.05, 3.63) is 64.7 Å². The van der Waals surface area contributed by atoms with Crippen LogP contribution in [0.1, 0.15) is 41.7 Å². The van der Waals surface area contributed by atoms with Gasteiger partial charge in [0.05, 0.1) is 10.9 Å². The monoisotopic (exact) mass is 378 g/mol. The number of carbonyl (C=O) groups is 1. The topological polar surface area (TPSA) is 75.3 Å². The van der Waals surface area contributed by atoms with Crippen LogP contribution in [0.5, 0.6) is 0 Å². The fraction of sp³-hybridized carbons (Fsp3) is 0.278. The highest BCUT2D eigenvalue weighted by Gasteiger charge is 2.28. The maximum Gasteiger partial charge on any atom is 0.251 e. The van der Waals surface area contributed by atoms with Gasteiger partial charge >= 0.3 is 0 Å². The number of carbonyl (C=O) groups excluding carboxylic acids is 1. The minimum absolute atomic E-state index is 0.0207. The molecule has 1 aliphatic carbocycles. The Morgan fingerprint density at radius 1 is 1.16 bits per heavy atom. The molecule has 1 aliphatic rings. The molecule has 0 bridgehead atoms. The summed E-state index contributed by atoms with van der Waals surface area (Å²) >= 11 is 5.87. The highest BCUT2D eigenvalue weighted by molar-refractivity contribution is 7.89.